The Balaban J connectivity index is 2.02. The van der Waals surface area contributed by atoms with Gasteiger partial charge in [0.05, 0.1) is 10.7 Å². The van der Waals surface area contributed by atoms with Crippen molar-refractivity contribution in [1.82, 2.24) is 5.32 Å². The second kappa shape index (κ2) is 7.51. The number of nitrogens with zero attached hydrogens (tertiary/aromatic N) is 1. The van der Waals surface area contributed by atoms with Crippen LogP contribution in [0.2, 0.25) is 5.02 Å². The number of hydrogen-bond donors (Lipinski definition) is 1. The fourth-order valence-electron chi connectivity index (χ4n) is 3.16. The van der Waals surface area contributed by atoms with Crippen LogP contribution in [0, 0.1) is 11.8 Å². The van der Waals surface area contributed by atoms with Gasteiger partial charge in [-0.15, -0.1) is 0 Å². The maximum Gasteiger partial charge on any atom is 0.0642 e. The van der Waals surface area contributed by atoms with E-state index in [9.17, 15) is 0 Å². The molecule has 1 aliphatic heterocycles. The number of hydrogen-bond acceptors (Lipinski definition) is 2. The number of nitrogens with one attached hydrogen (secondary N) is 1. The smallest absolute Gasteiger partial charge is 0.0642 e. The molecule has 0 radical (unpaired) electrons. The Hall–Kier alpha value is -0.730. The molecule has 0 spiro atoms. The van der Waals surface area contributed by atoms with Crippen molar-refractivity contribution in [3.05, 3.63) is 28.8 Å². The van der Waals surface area contributed by atoms with Crippen molar-refractivity contribution >= 4 is 17.3 Å². The molecule has 1 aromatic carbocycles. The second-order valence-corrected chi connectivity index (χ2v) is 7.39. The van der Waals surface area contributed by atoms with Gasteiger partial charge < -0.3 is 10.2 Å². The molecular weight excluding hydrogens is 280 g/mol. The minimum absolute atomic E-state index is 0.580. The van der Waals surface area contributed by atoms with E-state index in [4.69, 9.17) is 11.6 Å². The average Bonchev–Trinajstić information content (AvgIpc) is 2.39. The Morgan fingerprint density at radius 3 is 2.71 bits per heavy atom. The first-order chi connectivity index (χ1) is 9.97. The van der Waals surface area contributed by atoms with Crippen LogP contribution >= 0.6 is 11.6 Å². The van der Waals surface area contributed by atoms with Gasteiger partial charge in [0, 0.05) is 19.1 Å². The first-order valence-corrected chi connectivity index (χ1v) is 8.61. The van der Waals surface area contributed by atoms with E-state index in [1.165, 1.54) is 24.1 Å². The molecule has 1 aromatic rings. The summed E-state index contributed by atoms with van der Waals surface area (Å²) in [5, 5.41) is 4.36. The summed E-state index contributed by atoms with van der Waals surface area (Å²) >= 11 is 6.54. The van der Waals surface area contributed by atoms with Crippen molar-refractivity contribution < 1.29 is 0 Å². The zero-order valence-corrected chi connectivity index (χ0v) is 14.6. The summed E-state index contributed by atoms with van der Waals surface area (Å²) in [5.41, 5.74) is 2.46. The number of benzene rings is 1. The molecule has 0 saturated carbocycles. The van der Waals surface area contributed by atoms with E-state index in [0.29, 0.717) is 12.0 Å². The van der Waals surface area contributed by atoms with Gasteiger partial charge in [-0.1, -0.05) is 38.4 Å². The van der Waals surface area contributed by atoms with Crippen LogP contribution in [0.1, 0.15) is 46.1 Å². The Bertz CT molecular complexity index is 459. The molecular formula is C18H29ClN2. The summed E-state index contributed by atoms with van der Waals surface area (Å²) in [6.45, 7) is 12.2. The van der Waals surface area contributed by atoms with Gasteiger partial charge in [-0.05, 0) is 55.8 Å². The molecule has 21 heavy (non-hydrogen) atoms. The molecule has 3 heteroatoms. The van der Waals surface area contributed by atoms with Gasteiger partial charge in [-0.3, -0.25) is 0 Å². The van der Waals surface area contributed by atoms with E-state index >= 15 is 0 Å². The molecule has 0 bridgehead atoms. The fraction of sp³-hybridized carbons (Fsp3) is 0.667. The van der Waals surface area contributed by atoms with E-state index in [1.54, 1.807) is 0 Å². The Morgan fingerprint density at radius 2 is 2.10 bits per heavy atom. The van der Waals surface area contributed by atoms with E-state index in [0.717, 1.165) is 30.6 Å². The standard InChI is InChI=1S/C18H29ClN2/c1-13(2)11-20-12-16-5-6-18(17(19)10-16)21-8-7-14(3)9-15(21)4/h5-6,10,13-15,20H,7-9,11-12H2,1-4H3. The van der Waals surface area contributed by atoms with Gasteiger partial charge in [0.2, 0.25) is 0 Å². The van der Waals surface area contributed by atoms with Crippen LogP contribution in [0.4, 0.5) is 5.69 Å². The van der Waals surface area contributed by atoms with E-state index < -0.39 is 0 Å². The molecule has 0 aliphatic carbocycles. The molecule has 2 unspecified atom stereocenters. The van der Waals surface area contributed by atoms with Crippen molar-refractivity contribution in [2.45, 2.75) is 53.1 Å². The molecule has 2 rings (SSSR count). The van der Waals surface area contributed by atoms with Crippen molar-refractivity contribution in [1.29, 1.82) is 0 Å². The maximum absolute atomic E-state index is 6.54. The van der Waals surface area contributed by atoms with Crippen LogP contribution in [-0.4, -0.2) is 19.1 Å². The fourth-order valence-corrected chi connectivity index (χ4v) is 3.48. The van der Waals surface area contributed by atoms with Crippen LogP contribution in [0.15, 0.2) is 18.2 Å². The SMILES string of the molecule is CC(C)CNCc1ccc(N2CCC(C)CC2C)c(Cl)c1. The van der Waals surface area contributed by atoms with Crippen LogP contribution < -0.4 is 10.2 Å². The van der Waals surface area contributed by atoms with Crippen LogP contribution in [0.3, 0.4) is 0 Å². The molecule has 1 heterocycles. The monoisotopic (exact) mass is 308 g/mol. The van der Waals surface area contributed by atoms with Gasteiger partial charge in [-0.25, -0.2) is 0 Å². The van der Waals surface area contributed by atoms with Gasteiger partial charge in [0.15, 0.2) is 0 Å². The summed E-state index contributed by atoms with van der Waals surface area (Å²) < 4.78 is 0. The summed E-state index contributed by atoms with van der Waals surface area (Å²) in [5.74, 6) is 1.51. The van der Waals surface area contributed by atoms with E-state index in [-0.39, 0.29) is 0 Å². The lowest BCUT2D eigenvalue weighted by Gasteiger charge is -2.38. The summed E-state index contributed by atoms with van der Waals surface area (Å²) in [6.07, 6.45) is 2.52. The molecule has 2 nitrogen and oxygen atoms in total. The predicted molar refractivity (Wildman–Crippen MR) is 93.2 cm³/mol. The van der Waals surface area contributed by atoms with Crippen molar-refractivity contribution in [3.8, 4) is 0 Å². The van der Waals surface area contributed by atoms with Crippen molar-refractivity contribution in [3.63, 3.8) is 0 Å². The van der Waals surface area contributed by atoms with Gasteiger partial charge in [0.1, 0.15) is 0 Å². The van der Waals surface area contributed by atoms with Crippen molar-refractivity contribution in [2.24, 2.45) is 11.8 Å². The summed E-state index contributed by atoms with van der Waals surface area (Å²) in [7, 11) is 0. The average molecular weight is 309 g/mol. The largest absolute Gasteiger partial charge is 0.368 e. The second-order valence-electron chi connectivity index (χ2n) is 6.98. The van der Waals surface area contributed by atoms with Crippen molar-refractivity contribution in [2.75, 3.05) is 18.0 Å². The molecule has 1 aliphatic rings. The van der Waals surface area contributed by atoms with Gasteiger partial charge in [-0.2, -0.15) is 0 Å². The predicted octanol–water partition coefficient (Wildman–Crippen LogP) is 4.71. The first kappa shape index (κ1) is 16.6. The van der Waals surface area contributed by atoms with Gasteiger partial charge >= 0.3 is 0 Å². The lowest BCUT2D eigenvalue weighted by molar-refractivity contribution is 0.378. The van der Waals surface area contributed by atoms with E-state index in [2.05, 4.69) is 56.1 Å². The van der Waals surface area contributed by atoms with Crippen LogP contribution in [-0.2, 0) is 6.54 Å². The number of halogens is 1. The number of rotatable bonds is 5. The molecule has 0 amide bonds. The first-order valence-electron chi connectivity index (χ1n) is 8.23. The Morgan fingerprint density at radius 1 is 1.33 bits per heavy atom. The zero-order valence-electron chi connectivity index (χ0n) is 13.8. The molecule has 1 fully saturated rings. The summed E-state index contributed by atoms with van der Waals surface area (Å²) in [6, 6.07) is 7.10. The Kier molecular flexibility index (Phi) is 5.95. The third-order valence-corrected chi connectivity index (χ3v) is 4.64. The number of anilines is 1. The third kappa shape index (κ3) is 4.62. The Labute approximate surface area is 134 Å². The highest BCUT2D eigenvalue weighted by Crippen LogP contribution is 2.33. The minimum atomic E-state index is 0.580. The topological polar surface area (TPSA) is 15.3 Å². The number of piperidine rings is 1. The molecule has 1 N–H and O–H groups in total. The lowest BCUT2D eigenvalue weighted by atomic mass is 9.93. The van der Waals surface area contributed by atoms with Crippen LogP contribution in [0.5, 0.6) is 0 Å². The molecule has 2 atom stereocenters. The lowest BCUT2D eigenvalue weighted by Crippen LogP contribution is -2.40. The van der Waals surface area contributed by atoms with E-state index in [1.807, 2.05) is 0 Å². The highest BCUT2D eigenvalue weighted by Gasteiger charge is 2.24. The highest BCUT2D eigenvalue weighted by atomic mass is 35.5. The quantitative estimate of drug-likeness (QED) is 0.847. The molecule has 118 valence electrons. The minimum Gasteiger partial charge on any atom is -0.368 e. The summed E-state index contributed by atoms with van der Waals surface area (Å²) in [4.78, 5) is 2.47. The molecule has 0 aromatic heterocycles. The highest BCUT2D eigenvalue weighted by molar-refractivity contribution is 6.33. The maximum atomic E-state index is 6.54. The third-order valence-electron chi connectivity index (χ3n) is 4.34. The normalized spacial score (nSPS) is 22.9. The van der Waals surface area contributed by atoms with Crippen LogP contribution in [0.25, 0.3) is 0 Å². The molecule has 1 saturated heterocycles. The zero-order chi connectivity index (χ0) is 15.4. The van der Waals surface area contributed by atoms with Gasteiger partial charge in [0.25, 0.3) is 0 Å².